The van der Waals surface area contributed by atoms with E-state index in [0.717, 1.165) is 16.7 Å². The summed E-state index contributed by atoms with van der Waals surface area (Å²) >= 11 is 0. The van der Waals surface area contributed by atoms with E-state index in [1.165, 1.54) is 11.1 Å². The number of carbonyl (C=O) groups is 1. The van der Waals surface area contributed by atoms with E-state index < -0.39 is 0 Å². The molecule has 19 heavy (non-hydrogen) atoms. The van der Waals surface area contributed by atoms with Crippen LogP contribution in [0.5, 0.6) is 0 Å². The van der Waals surface area contributed by atoms with E-state index >= 15 is 0 Å². The molecule has 1 aliphatic heterocycles. The maximum absolute atomic E-state index is 12.7. The van der Waals surface area contributed by atoms with Crippen molar-refractivity contribution in [3.63, 3.8) is 0 Å². The second-order valence-corrected chi connectivity index (χ2v) is 5.66. The van der Waals surface area contributed by atoms with Crippen LogP contribution in [0.3, 0.4) is 0 Å². The van der Waals surface area contributed by atoms with Crippen LogP contribution in [0, 0.1) is 27.7 Å². The summed E-state index contributed by atoms with van der Waals surface area (Å²) in [5.74, 6) is 0.119. The van der Waals surface area contributed by atoms with Crippen LogP contribution in [0.25, 0.3) is 0 Å². The topological polar surface area (TPSA) is 40.5 Å². The minimum atomic E-state index is -0.245. The number of nitrogens with zero attached hydrogens (tertiary/aromatic N) is 1. The molecule has 1 aromatic rings. The molecular weight excluding hydrogens is 238 g/mol. The maximum Gasteiger partial charge on any atom is 0.254 e. The summed E-state index contributed by atoms with van der Waals surface area (Å²) in [4.78, 5) is 14.6. The average molecular weight is 261 g/mol. The van der Waals surface area contributed by atoms with E-state index in [-0.39, 0.29) is 12.0 Å². The number of piperidine rings is 1. The summed E-state index contributed by atoms with van der Waals surface area (Å²) in [5.41, 5.74) is 5.36. The van der Waals surface area contributed by atoms with Gasteiger partial charge in [-0.3, -0.25) is 4.79 Å². The molecule has 2 rings (SSSR count). The lowest BCUT2D eigenvalue weighted by molar-refractivity contribution is 0.0545. The van der Waals surface area contributed by atoms with Gasteiger partial charge in [-0.1, -0.05) is 6.07 Å². The van der Waals surface area contributed by atoms with Gasteiger partial charge in [-0.25, -0.2) is 0 Å². The van der Waals surface area contributed by atoms with Gasteiger partial charge in [0, 0.05) is 18.7 Å². The average Bonchev–Trinajstić information content (AvgIpc) is 2.37. The number of hydrogen-bond acceptors (Lipinski definition) is 2. The van der Waals surface area contributed by atoms with Crippen LogP contribution in [-0.4, -0.2) is 35.1 Å². The monoisotopic (exact) mass is 261 g/mol. The van der Waals surface area contributed by atoms with Crippen molar-refractivity contribution in [3.05, 3.63) is 33.9 Å². The number of amides is 1. The van der Waals surface area contributed by atoms with Crippen LogP contribution in [0.1, 0.15) is 45.5 Å². The summed E-state index contributed by atoms with van der Waals surface area (Å²) in [6, 6.07) is 2.14. The molecule has 0 unspecified atom stereocenters. The highest BCUT2D eigenvalue weighted by Gasteiger charge is 2.25. The van der Waals surface area contributed by atoms with Gasteiger partial charge in [0.15, 0.2) is 0 Å². The Morgan fingerprint density at radius 1 is 1.11 bits per heavy atom. The quantitative estimate of drug-likeness (QED) is 0.844. The molecule has 1 fully saturated rings. The fourth-order valence-electron chi connectivity index (χ4n) is 2.76. The molecule has 0 radical (unpaired) electrons. The highest BCUT2D eigenvalue weighted by molar-refractivity contribution is 5.97. The second kappa shape index (κ2) is 5.33. The lowest BCUT2D eigenvalue weighted by Gasteiger charge is -2.31. The zero-order valence-corrected chi connectivity index (χ0v) is 12.3. The summed E-state index contributed by atoms with van der Waals surface area (Å²) in [5, 5.41) is 9.54. The number of aryl methyl sites for hydroxylation is 2. The van der Waals surface area contributed by atoms with Crippen molar-refractivity contribution in [1.82, 2.24) is 4.90 Å². The first kappa shape index (κ1) is 14.1. The van der Waals surface area contributed by atoms with Gasteiger partial charge < -0.3 is 10.0 Å². The number of rotatable bonds is 1. The predicted octanol–water partition coefficient (Wildman–Crippen LogP) is 2.52. The van der Waals surface area contributed by atoms with Crippen molar-refractivity contribution in [2.75, 3.05) is 13.1 Å². The van der Waals surface area contributed by atoms with Crippen LogP contribution in [-0.2, 0) is 0 Å². The Kier molecular flexibility index (Phi) is 3.95. The first-order valence-electron chi connectivity index (χ1n) is 6.96. The lowest BCUT2D eigenvalue weighted by Crippen LogP contribution is -2.40. The summed E-state index contributed by atoms with van der Waals surface area (Å²) in [6.45, 7) is 9.47. The zero-order chi connectivity index (χ0) is 14.2. The fourth-order valence-corrected chi connectivity index (χ4v) is 2.76. The number of likely N-dealkylation sites (tertiary alicyclic amines) is 1. The zero-order valence-electron chi connectivity index (χ0n) is 12.3. The Bertz CT molecular complexity index is 474. The number of aliphatic hydroxyl groups is 1. The Morgan fingerprint density at radius 2 is 1.58 bits per heavy atom. The molecule has 0 saturated carbocycles. The fraction of sp³-hybridized carbons (Fsp3) is 0.562. The summed E-state index contributed by atoms with van der Waals surface area (Å²) in [6.07, 6.45) is 1.13. The third-order valence-corrected chi connectivity index (χ3v) is 4.33. The van der Waals surface area contributed by atoms with Gasteiger partial charge in [0.25, 0.3) is 5.91 Å². The van der Waals surface area contributed by atoms with E-state index in [4.69, 9.17) is 0 Å². The second-order valence-electron chi connectivity index (χ2n) is 5.66. The molecule has 1 aliphatic rings. The molecule has 0 atom stereocenters. The molecule has 0 aliphatic carbocycles. The van der Waals surface area contributed by atoms with E-state index in [0.29, 0.717) is 25.9 Å². The van der Waals surface area contributed by atoms with Crippen LogP contribution < -0.4 is 0 Å². The van der Waals surface area contributed by atoms with E-state index in [9.17, 15) is 9.90 Å². The number of benzene rings is 1. The Morgan fingerprint density at radius 3 is 2.05 bits per heavy atom. The third kappa shape index (κ3) is 2.66. The van der Waals surface area contributed by atoms with E-state index in [2.05, 4.69) is 19.9 Å². The SMILES string of the molecule is Cc1cc(C)c(C)c(C(=O)N2CCC(O)CC2)c1C. The van der Waals surface area contributed by atoms with E-state index in [1.807, 2.05) is 18.7 Å². The Labute approximate surface area is 115 Å². The molecule has 1 amide bonds. The number of aliphatic hydroxyl groups excluding tert-OH is 1. The van der Waals surface area contributed by atoms with Crippen molar-refractivity contribution in [3.8, 4) is 0 Å². The molecule has 104 valence electrons. The van der Waals surface area contributed by atoms with E-state index in [1.54, 1.807) is 0 Å². The highest BCUT2D eigenvalue weighted by Crippen LogP contribution is 2.24. The maximum atomic E-state index is 12.7. The minimum Gasteiger partial charge on any atom is -0.393 e. The van der Waals surface area contributed by atoms with Crippen LogP contribution >= 0.6 is 0 Å². The molecular formula is C16H23NO2. The molecule has 1 saturated heterocycles. The normalized spacial score (nSPS) is 16.8. The largest absolute Gasteiger partial charge is 0.393 e. The first-order chi connectivity index (χ1) is 8.91. The molecule has 3 nitrogen and oxygen atoms in total. The Hall–Kier alpha value is -1.35. The summed E-state index contributed by atoms with van der Waals surface area (Å²) in [7, 11) is 0. The molecule has 3 heteroatoms. The number of hydrogen-bond donors (Lipinski definition) is 1. The minimum absolute atomic E-state index is 0.119. The lowest BCUT2D eigenvalue weighted by atomic mass is 9.93. The number of carbonyl (C=O) groups excluding carboxylic acids is 1. The molecule has 1 heterocycles. The standard InChI is InChI=1S/C16H23NO2/c1-10-9-11(2)13(4)15(12(10)3)16(19)17-7-5-14(18)6-8-17/h9,14,18H,5-8H2,1-4H3. The van der Waals surface area contributed by atoms with Gasteiger partial charge in [-0.05, 0) is 62.8 Å². The summed E-state index contributed by atoms with van der Waals surface area (Å²) < 4.78 is 0. The first-order valence-corrected chi connectivity index (χ1v) is 6.96. The van der Waals surface area contributed by atoms with Gasteiger partial charge in [-0.15, -0.1) is 0 Å². The van der Waals surface area contributed by atoms with Crippen molar-refractivity contribution in [2.24, 2.45) is 0 Å². The molecule has 1 N–H and O–H groups in total. The van der Waals surface area contributed by atoms with Gasteiger partial charge in [-0.2, -0.15) is 0 Å². The smallest absolute Gasteiger partial charge is 0.254 e. The van der Waals surface area contributed by atoms with Crippen molar-refractivity contribution in [1.29, 1.82) is 0 Å². The predicted molar refractivity (Wildman–Crippen MR) is 76.5 cm³/mol. The van der Waals surface area contributed by atoms with Gasteiger partial charge >= 0.3 is 0 Å². The molecule has 0 bridgehead atoms. The molecule has 0 aromatic heterocycles. The highest BCUT2D eigenvalue weighted by atomic mass is 16.3. The van der Waals surface area contributed by atoms with Crippen LogP contribution in [0.2, 0.25) is 0 Å². The van der Waals surface area contributed by atoms with Gasteiger partial charge in [0.2, 0.25) is 0 Å². The Balaban J connectivity index is 2.34. The van der Waals surface area contributed by atoms with Gasteiger partial charge in [0.05, 0.1) is 6.10 Å². The third-order valence-electron chi connectivity index (χ3n) is 4.33. The molecule has 0 spiro atoms. The van der Waals surface area contributed by atoms with Crippen molar-refractivity contribution in [2.45, 2.75) is 46.6 Å². The van der Waals surface area contributed by atoms with Gasteiger partial charge in [0.1, 0.15) is 0 Å². The van der Waals surface area contributed by atoms with Crippen molar-refractivity contribution < 1.29 is 9.90 Å². The van der Waals surface area contributed by atoms with Crippen LogP contribution in [0.4, 0.5) is 0 Å². The molecule has 1 aromatic carbocycles. The van der Waals surface area contributed by atoms with Crippen LogP contribution in [0.15, 0.2) is 6.07 Å². The van der Waals surface area contributed by atoms with Crippen molar-refractivity contribution >= 4 is 5.91 Å².